The van der Waals surface area contributed by atoms with E-state index in [-0.39, 0.29) is 17.2 Å². The minimum absolute atomic E-state index is 0.112. The molecule has 0 saturated heterocycles. The maximum Gasteiger partial charge on any atom is 0.341 e. The topological polar surface area (TPSA) is 98.5 Å². The molecule has 2 rings (SSSR count). The van der Waals surface area contributed by atoms with Crippen LogP contribution in [0.2, 0.25) is 0 Å². The fraction of sp³-hybridized carbons (Fsp3) is 0.286. The number of aryl methyl sites for hydroxylation is 1. The largest absolute Gasteiger partial charge is 0.462 e. The lowest BCUT2D eigenvalue weighted by Gasteiger charge is -2.06. The van der Waals surface area contributed by atoms with Gasteiger partial charge in [0.15, 0.2) is 0 Å². The van der Waals surface area contributed by atoms with E-state index < -0.39 is 16.8 Å². The van der Waals surface area contributed by atoms with Gasteiger partial charge in [-0.3, -0.25) is 14.9 Å². The average Bonchev–Trinajstić information content (AvgIpc) is 3.06. The number of amides is 1. The monoisotopic (exact) mass is 354 g/mol. The first-order valence-electron chi connectivity index (χ1n) is 6.66. The van der Waals surface area contributed by atoms with Crippen LogP contribution >= 0.6 is 22.7 Å². The van der Waals surface area contributed by atoms with E-state index in [1.54, 1.807) is 13.8 Å². The van der Waals surface area contributed by atoms with E-state index in [2.05, 4.69) is 5.32 Å². The molecule has 0 aromatic carbocycles. The molecule has 1 amide bonds. The van der Waals surface area contributed by atoms with E-state index in [0.717, 1.165) is 21.8 Å². The van der Waals surface area contributed by atoms with Crippen molar-refractivity contribution in [1.29, 1.82) is 0 Å². The third-order valence-electron chi connectivity index (χ3n) is 3.12. The molecular formula is C14H14N2O5S2. The molecule has 0 fully saturated rings. The SMILES string of the molecule is CCOC(=O)c1c(NC(=O)c2csc([N+](=O)[O-])c2)sc(C)c1C. The van der Waals surface area contributed by atoms with Gasteiger partial charge in [-0.15, -0.1) is 11.3 Å². The predicted octanol–water partition coefficient (Wildman–Crippen LogP) is 3.76. The number of carbonyl (C=O) groups excluding carboxylic acids is 2. The molecule has 23 heavy (non-hydrogen) atoms. The minimum atomic E-state index is -0.551. The summed E-state index contributed by atoms with van der Waals surface area (Å²) in [5, 5.41) is 15.0. The molecule has 0 unspecified atom stereocenters. The molecule has 2 aromatic heterocycles. The molecule has 0 bridgehead atoms. The Kier molecular flexibility index (Phi) is 5.12. The number of carbonyl (C=O) groups is 2. The lowest BCUT2D eigenvalue weighted by atomic mass is 10.1. The van der Waals surface area contributed by atoms with Gasteiger partial charge in [-0.1, -0.05) is 11.3 Å². The van der Waals surface area contributed by atoms with Gasteiger partial charge in [0, 0.05) is 16.3 Å². The molecule has 2 aromatic rings. The van der Waals surface area contributed by atoms with Crippen molar-refractivity contribution >= 4 is 44.6 Å². The van der Waals surface area contributed by atoms with Crippen molar-refractivity contribution in [1.82, 2.24) is 0 Å². The molecule has 0 atom stereocenters. The van der Waals surface area contributed by atoms with Crippen LogP contribution in [0.4, 0.5) is 10.0 Å². The van der Waals surface area contributed by atoms with E-state index in [4.69, 9.17) is 4.74 Å². The van der Waals surface area contributed by atoms with Crippen LogP contribution in [0.3, 0.4) is 0 Å². The Morgan fingerprint density at radius 1 is 1.39 bits per heavy atom. The Morgan fingerprint density at radius 2 is 2.09 bits per heavy atom. The molecule has 0 aliphatic carbocycles. The number of hydrogen-bond donors (Lipinski definition) is 1. The van der Waals surface area contributed by atoms with Crippen molar-refractivity contribution in [2.45, 2.75) is 20.8 Å². The van der Waals surface area contributed by atoms with E-state index in [9.17, 15) is 19.7 Å². The van der Waals surface area contributed by atoms with E-state index in [1.165, 1.54) is 22.8 Å². The Labute approximate surface area is 140 Å². The molecule has 7 nitrogen and oxygen atoms in total. The van der Waals surface area contributed by atoms with Crippen LogP contribution in [0.25, 0.3) is 0 Å². The smallest absolute Gasteiger partial charge is 0.341 e. The van der Waals surface area contributed by atoms with E-state index >= 15 is 0 Å². The van der Waals surface area contributed by atoms with Crippen LogP contribution in [-0.2, 0) is 4.74 Å². The summed E-state index contributed by atoms with van der Waals surface area (Å²) in [5.41, 5.74) is 1.26. The summed E-state index contributed by atoms with van der Waals surface area (Å²) in [6.45, 7) is 5.56. The first-order valence-corrected chi connectivity index (χ1v) is 8.36. The number of rotatable bonds is 5. The van der Waals surface area contributed by atoms with Crippen molar-refractivity contribution in [3.63, 3.8) is 0 Å². The number of esters is 1. The fourth-order valence-corrected chi connectivity index (χ4v) is 3.63. The standard InChI is InChI=1S/C14H14N2O5S2/c1-4-21-14(18)11-7(2)8(3)23-13(11)15-12(17)9-5-10(16(19)20)22-6-9/h5-6H,4H2,1-3H3,(H,15,17). The zero-order chi connectivity index (χ0) is 17.1. The van der Waals surface area contributed by atoms with Gasteiger partial charge < -0.3 is 10.1 Å². The highest BCUT2D eigenvalue weighted by atomic mass is 32.1. The maximum absolute atomic E-state index is 12.2. The Hall–Kier alpha value is -2.26. The first kappa shape index (κ1) is 17.1. The average molecular weight is 354 g/mol. The summed E-state index contributed by atoms with van der Waals surface area (Å²) in [7, 11) is 0. The second-order valence-corrected chi connectivity index (χ2v) is 6.71. The first-order chi connectivity index (χ1) is 10.8. The van der Waals surface area contributed by atoms with Gasteiger partial charge in [-0.2, -0.15) is 0 Å². The van der Waals surface area contributed by atoms with Crippen LogP contribution in [0.15, 0.2) is 11.4 Å². The zero-order valence-electron chi connectivity index (χ0n) is 12.7. The third-order valence-corrected chi connectivity index (χ3v) is 5.12. The Bertz CT molecular complexity index is 778. The van der Waals surface area contributed by atoms with Gasteiger partial charge in [0.05, 0.1) is 22.7 Å². The van der Waals surface area contributed by atoms with E-state index in [0.29, 0.717) is 10.6 Å². The third kappa shape index (κ3) is 3.57. The van der Waals surface area contributed by atoms with Gasteiger partial charge in [0.2, 0.25) is 0 Å². The quantitative estimate of drug-likeness (QED) is 0.501. The number of anilines is 1. The summed E-state index contributed by atoms with van der Waals surface area (Å²) in [5.74, 6) is -0.998. The highest BCUT2D eigenvalue weighted by Gasteiger charge is 2.23. The fourth-order valence-electron chi connectivity index (χ4n) is 1.88. The summed E-state index contributed by atoms with van der Waals surface area (Å²) in [6.07, 6.45) is 0. The van der Waals surface area contributed by atoms with Gasteiger partial charge in [0.25, 0.3) is 5.91 Å². The molecule has 0 radical (unpaired) electrons. The van der Waals surface area contributed by atoms with Gasteiger partial charge >= 0.3 is 11.0 Å². The summed E-state index contributed by atoms with van der Waals surface area (Å²) in [6, 6.07) is 1.21. The highest BCUT2D eigenvalue weighted by Crippen LogP contribution is 2.34. The second-order valence-electron chi connectivity index (χ2n) is 4.59. The number of thiophene rings is 2. The molecule has 0 aliphatic rings. The van der Waals surface area contributed by atoms with Crippen LogP contribution in [0.1, 0.15) is 38.1 Å². The summed E-state index contributed by atoms with van der Waals surface area (Å²) in [4.78, 5) is 35.3. The minimum Gasteiger partial charge on any atom is -0.462 e. The molecule has 0 aliphatic heterocycles. The number of ether oxygens (including phenoxy) is 1. The zero-order valence-corrected chi connectivity index (χ0v) is 14.3. The number of nitrogens with one attached hydrogen (secondary N) is 1. The van der Waals surface area contributed by atoms with Crippen LogP contribution < -0.4 is 5.32 Å². The molecule has 0 saturated carbocycles. The number of nitro groups is 1. The van der Waals surface area contributed by atoms with Crippen LogP contribution in [-0.4, -0.2) is 23.4 Å². The van der Waals surface area contributed by atoms with Crippen LogP contribution in [0.5, 0.6) is 0 Å². The normalized spacial score (nSPS) is 10.4. The Balaban J connectivity index is 2.28. The summed E-state index contributed by atoms with van der Waals surface area (Å²) < 4.78 is 5.01. The van der Waals surface area contributed by atoms with Crippen molar-refractivity contribution in [2.75, 3.05) is 11.9 Å². The highest BCUT2D eigenvalue weighted by molar-refractivity contribution is 7.17. The van der Waals surface area contributed by atoms with Crippen LogP contribution in [0, 0.1) is 24.0 Å². The van der Waals surface area contributed by atoms with E-state index in [1.807, 2.05) is 6.92 Å². The number of nitrogens with zero attached hydrogens (tertiary/aromatic N) is 1. The Morgan fingerprint density at radius 3 is 2.65 bits per heavy atom. The van der Waals surface area contributed by atoms with Crippen molar-refractivity contribution in [3.8, 4) is 0 Å². The van der Waals surface area contributed by atoms with Gasteiger partial charge in [-0.25, -0.2) is 4.79 Å². The summed E-state index contributed by atoms with van der Waals surface area (Å²) >= 11 is 2.14. The lowest BCUT2D eigenvalue weighted by molar-refractivity contribution is -0.380. The van der Waals surface area contributed by atoms with Gasteiger partial charge in [0.1, 0.15) is 5.00 Å². The molecule has 122 valence electrons. The number of hydrogen-bond acceptors (Lipinski definition) is 7. The van der Waals surface area contributed by atoms with Crippen molar-refractivity contribution in [3.05, 3.63) is 43.1 Å². The maximum atomic E-state index is 12.2. The molecule has 0 spiro atoms. The molecular weight excluding hydrogens is 340 g/mol. The molecule has 9 heteroatoms. The van der Waals surface area contributed by atoms with Crippen molar-refractivity contribution in [2.24, 2.45) is 0 Å². The lowest BCUT2D eigenvalue weighted by Crippen LogP contribution is -2.14. The second kappa shape index (κ2) is 6.88. The molecule has 2 heterocycles. The van der Waals surface area contributed by atoms with Crippen molar-refractivity contribution < 1.29 is 19.2 Å². The van der Waals surface area contributed by atoms with Gasteiger partial charge in [-0.05, 0) is 26.3 Å². The molecule has 1 N–H and O–H groups in total. The predicted molar refractivity (Wildman–Crippen MR) is 88.7 cm³/mol.